The van der Waals surface area contributed by atoms with Gasteiger partial charge in [-0.15, -0.1) is 0 Å². The van der Waals surface area contributed by atoms with E-state index in [4.69, 9.17) is 9.47 Å². The molecule has 0 atom stereocenters. The van der Waals surface area contributed by atoms with Crippen molar-refractivity contribution in [1.82, 2.24) is 0 Å². The average molecular weight is 443 g/mol. The van der Waals surface area contributed by atoms with Gasteiger partial charge in [0.25, 0.3) is 11.8 Å². The topological polar surface area (TPSA) is 59.1 Å². The zero-order valence-electron chi connectivity index (χ0n) is 18.9. The number of nitrogens with zero attached hydrogens (tertiary/aromatic N) is 2. The number of benzene rings is 3. The maximum Gasteiger partial charge on any atom is 0.282 e. The van der Waals surface area contributed by atoms with Crippen LogP contribution in [0.1, 0.15) is 18.9 Å². The molecule has 0 spiro atoms. The molecule has 3 aromatic carbocycles. The van der Waals surface area contributed by atoms with Crippen LogP contribution in [0.4, 0.5) is 11.4 Å². The summed E-state index contributed by atoms with van der Waals surface area (Å²) in [5.41, 5.74) is 2.40. The Morgan fingerprint density at radius 3 is 2.33 bits per heavy atom. The molecular formula is C27H26N2O4. The van der Waals surface area contributed by atoms with E-state index in [9.17, 15) is 9.59 Å². The van der Waals surface area contributed by atoms with Crippen molar-refractivity contribution in [1.29, 1.82) is 0 Å². The highest BCUT2D eigenvalue weighted by Gasteiger charge is 2.43. The molecule has 6 heteroatoms. The molecule has 0 bridgehead atoms. The number of methoxy groups -OCH3 is 1. The molecule has 3 aromatic rings. The summed E-state index contributed by atoms with van der Waals surface area (Å²) in [4.78, 5) is 30.5. The van der Waals surface area contributed by atoms with E-state index in [1.54, 1.807) is 49.4 Å². The van der Waals surface area contributed by atoms with Crippen LogP contribution in [-0.2, 0) is 9.59 Å². The minimum absolute atomic E-state index is 0.288. The Hall–Kier alpha value is -4.06. The van der Waals surface area contributed by atoms with Crippen LogP contribution in [0.5, 0.6) is 11.5 Å². The monoisotopic (exact) mass is 442 g/mol. The van der Waals surface area contributed by atoms with E-state index < -0.39 is 11.8 Å². The highest BCUT2D eigenvalue weighted by atomic mass is 16.5. The molecular weight excluding hydrogens is 416 g/mol. The Labute approximate surface area is 193 Å². The van der Waals surface area contributed by atoms with Gasteiger partial charge in [-0.1, -0.05) is 49.4 Å². The predicted octanol–water partition coefficient (Wildman–Crippen LogP) is 4.90. The fourth-order valence-corrected chi connectivity index (χ4v) is 3.87. The maximum absolute atomic E-state index is 13.8. The molecule has 2 amide bonds. The predicted molar refractivity (Wildman–Crippen MR) is 129 cm³/mol. The maximum atomic E-state index is 13.8. The minimum Gasteiger partial charge on any atom is -0.496 e. The van der Waals surface area contributed by atoms with E-state index in [1.807, 2.05) is 55.5 Å². The van der Waals surface area contributed by atoms with Crippen LogP contribution in [0, 0.1) is 0 Å². The van der Waals surface area contributed by atoms with E-state index in [2.05, 4.69) is 0 Å². The summed E-state index contributed by atoms with van der Waals surface area (Å²) < 4.78 is 11.2. The first-order chi connectivity index (χ1) is 16.1. The SMILES string of the molecule is CCCOc1cccc(N2C(=O)C(c3ccccc3OC)=C(N(C)c3ccccc3)C2=O)c1. The van der Waals surface area contributed by atoms with Gasteiger partial charge in [-0.3, -0.25) is 9.59 Å². The van der Waals surface area contributed by atoms with Crippen molar-refractivity contribution < 1.29 is 19.1 Å². The van der Waals surface area contributed by atoms with E-state index >= 15 is 0 Å². The van der Waals surface area contributed by atoms with Crippen LogP contribution < -0.4 is 19.3 Å². The highest BCUT2D eigenvalue weighted by Crippen LogP contribution is 2.39. The van der Waals surface area contributed by atoms with Crippen molar-refractivity contribution in [3.8, 4) is 11.5 Å². The molecule has 1 heterocycles. The molecule has 1 aliphatic rings. The third-order valence-electron chi connectivity index (χ3n) is 5.46. The molecule has 0 fully saturated rings. The van der Waals surface area contributed by atoms with Gasteiger partial charge in [0.2, 0.25) is 0 Å². The smallest absolute Gasteiger partial charge is 0.282 e. The van der Waals surface area contributed by atoms with Crippen LogP contribution in [0.2, 0.25) is 0 Å². The van der Waals surface area contributed by atoms with Crippen molar-refractivity contribution in [2.75, 3.05) is 30.6 Å². The van der Waals surface area contributed by atoms with Gasteiger partial charge in [-0.05, 0) is 36.8 Å². The molecule has 0 aromatic heterocycles. The lowest BCUT2D eigenvalue weighted by Gasteiger charge is -2.22. The second-order valence-electron chi connectivity index (χ2n) is 7.61. The van der Waals surface area contributed by atoms with E-state index in [1.165, 1.54) is 4.90 Å². The molecule has 0 radical (unpaired) electrons. The molecule has 168 valence electrons. The number of rotatable bonds is 8. The number of ether oxygens (including phenoxy) is 2. The van der Waals surface area contributed by atoms with Crippen molar-refractivity contribution in [2.24, 2.45) is 0 Å². The summed E-state index contributed by atoms with van der Waals surface area (Å²) in [5.74, 6) is 0.322. The van der Waals surface area contributed by atoms with Gasteiger partial charge in [0.1, 0.15) is 17.2 Å². The molecule has 0 unspecified atom stereocenters. The van der Waals surface area contributed by atoms with E-state index in [0.29, 0.717) is 34.9 Å². The largest absolute Gasteiger partial charge is 0.496 e. The summed E-state index contributed by atoms with van der Waals surface area (Å²) in [7, 11) is 3.34. The standard InChI is InChI=1S/C27H26N2O4/c1-4-17-33-21-14-10-13-20(18-21)29-26(30)24(22-15-8-9-16-23(22)32-3)25(27(29)31)28(2)19-11-6-5-7-12-19/h5-16,18H,4,17H2,1-3H3. The number of imide groups is 1. The van der Waals surface area contributed by atoms with Gasteiger partial charge in [0.15, 0.2) is 0 Å². The quantitative estimate of drug-likeness (QED) is 0.464. The van der Waals surface area contributed by atoms with Crippen molar-refractivity contribution >= 4 is 28.8 Å². The summed E-state index contributed by atoms with van der Waals surface area (Å²) in [6.45, 7) is 2.57. The van der Waals surface area contributed by atoms with Crippen LogP contribution in [0.25, 0.3) is 5.57 Å². The van der Waals surface area contributed by atoms with Gasteiger partial charge in [0.05, 0.1) is 25.0 Å². The van der Waals surface area contributed by atoms with Crippen LogP contribution >= 0.6 is 0 Å². The number of carbonyl (C=O) groups is 2. The fraction of sp³-hybridized carbons (Fsp3) is 0.185. The van der Waals surface area contributed by atoms with Crippen LogP contribution in [0.15, 0.2) is 84.6 Å². The number of hydrogen-bond donors (Lipinski definition) is 0. The normalized spacial score (nSPS) is 13.5. The molecule has 33 heavy (non-hydrogen) atoms. The number of anilines is 2. The Morgan fingerprint density at radius 1 is 0.879 bits per heavy atom. The minimum atomic E-state index is -0.407. The Kier molecular flexibility index (Phi) is 6.45. The molecule has 0 aliphatic carbocycles. The van der Waals surface area contributed by atoms with Gasteiger partial charge in [0, 0.05) is 24.4 Å². The summed E-state index contributed by atoms with van der Waals surface area (Å²) in [5, 5.41) is 0. The second kappa shape index (κ2) is 9.61. The first-order valence-corrected chi connectivity index (χ1v) is 10.8. The van der Waals surface area contributed by atoms with Gasteiger partial charge < -0.3 is 14.4 Å². The Bertz CT molecular complexity index is 1200. The Morgan fingerprint density at radius 2 is 1.61 bits per heavy atom. The van der Waals surface area contributed by atoms with E-state index in [-0.39, 0.29) is 5.70 Å². The lowest BCUT2D eigenvalue weighted by molar-refractivity contribution is -0.120. The first-order valence-electron chi connectivity index (χ1n) is 10.8. The molecule has 6 nitrogen and oxygen atoms in total. The third-order valence-corrected chi connectivity index (χ3v) is 5.46. The lowest BCUT2D eigenvalue weighted by Crippen LogP contribution is -2.34. The number of hydrogen-bond acceptors (Lipinski definition) is 5. The molecule has 0 saturated heterocycles. The number of carbonyl (C=O) groups excluding carboxylic acids is 2. The summed E-state index contributed by atoms with van der Waals surface area (Å²) >= 11 is 0. The third kappa shape index (κ3) is 4.20. The van der Waals surface area contributed by atoms with Crippen LogP contribution in [0.3, 0.4) is 0 Å². The van der Waals surface area contributed by atoms with Crippen molar-refractivity contribution in [2.45, 2.75) is 13.3 Å². The average Bonchev–Trinajstić information content (AvgIpc) is 3.12. The summed E-state index contributed by atoms with van der Waals surface area (Å²) in [6, 6.07) is 23.8. The number of para-hydroxylation sites is 2. The van der Waals surface area contributed by atoms with Gasteiger partial charge in [-0.25, -0.2) is 4.90 Å². The zero-order chi connectivity index (χ0) is 23.4. The Balaban J connectivity index is 1.85. The molecule has 0 saturated carbocycles. The van der Waals surface area contributed by atoms with Crippen molar-refractivity contribution in [3.05, 3.63) is 90.1 Å². The van der Waals surface area contributed by atoms with E-state index in [0.717, 1.165) is 12.1 Å². The van der Waals surface area contributed by atoms with Gasteiger partial charge in [-0.2, -0.15) is 0 Å². The van der Waals surface area contributed by atoms with Crippen LogP contribution in [-0.4, -0.2) is 32.6 Å². The first kappa shape index (κ1) is 22.1. The fourth-order valence-electron chi connectivity index (χ4n) is 3.87. The number of amides is 2. The molecule has 4 rings (SSSR count). The molecule has 1 aliphatic heterocycles. The number of likely N-dealkylation sites (N-methyl/N-ethyl adjacent to an activating group) is 1. The summed E-state index contributed by atoms with van der Waals surface area (Å²) in [6.07, 6.45) is 0.858. The molecule has 0 N–H and O–H groups in total. The second-order valence-corrected chi connectivity index (χ2v) is 7.61. The zero-order valence-corrected chi connectivity index (χ0v) is 18.9. The lowest BCUT2D eigenvalue weighted by atomic mass is 10.0. The highest BCUT2D eigenvalue weighted by molar-refractivity contribution is 6.46. The van der Waals surface area contributed by atoms with Gasteiger partial charge >= 0.3 is 0 Å². The van der Waals surface area contributed by atoms with Crippen molar-refractivity contribution in [3.63, 3.8) is 0 Å².